The van der Waals surface area contributed by atoms with Gasteiger partial charge in [0.15, 0.2) is 0 Å². The van der Waals surface area contributed by atoms with Crippen LogP contribution in [0.2, 0.25) is 0 Å². The minimum absolute atomic E-state index is 0.0543. The van der Waals surface area contributed by atoms with Gasteiger partial charge in [-0.05, 0) is 25.1 Å². The van der Waals surface area contributed by atoms with Crippen molar-refractivity contribution in [1.82, 2.24) is 0 Å². The predicted octanol–water partition coefficient (Wildman–Crippen LogP) is 1.22. The van der Waals surface area contributed by atoms with Crippen LogP contribution in [0.25, 0.3) is 0 Å². The first-order valence-corrected chi connectivity index (χ1v) is 4.79. The highest BCUT2D eigenvalue weighted by Crippen LogP contribution is 2.20. The van der Waals surface area contributed by atoms with Crippen LogP contribution < -0.4 is 10.5 Å². The Kier molecular flexibility index (Phi) is 4.25. The van der Waals surface area contributed by atoms with Crippen LogP contribution in [0.3, 0.4) is 0 Å². The van der Waals surface area contributed by atoms with Gasteiger partial charge in [0.05, 0.1) is 7.11 Å². The third-order valence-corrected chi connectivity index (χ3v) is 1.98. The van der Waals surface area contributed by atoms with Gasteiger partial charge in [0.25, 0.3) is 0 Å². The molecule has 1 atom stereocenters. The van der Waals surface area contributed by atoms with E-state index in [-0.39, 0.29) is 6.61 Å². The maximum Gasteiger partial charge on any atom is 0.322 e. The van der Waals surface area contributed by atoms with E-state index in [0.29, 0.717) is 11.3 Å². The second kappa shape index (κ2) is 5.46. The Morgan fingerprint density at radius 3 is 2.81 bits per heavy atom. The number of halogens is 1. The lowest BCUT2D eigenvalue weighted by Gasteiger charge is -2.10. The average molecular weight is 227 g/mol. The lowest BCUT2D eigenvalue weighted by Crippen LogP contribution is -2.28. The summed E-state index contributed by atoms with van der Waals surface area (Å²) in [6, 6.07) is 3.31. The first-order chi connectivity index (χ1) is 7.54. The average Bonchev–Trinajstić information content (AvgIpc) is 2.25. The third kappa shape index (κ3) is 3.20. The summed E-state index contributed by atoms with van der Waals surface area (Å²) in [5, 5.41) is 0. The molecule has 0 fully saturated rings. The number of carbonyl (C=O) groups is 1. The minimum atomic E-state index is -0.695. The zero-order valence-corrected chi connectivity index (χ0v) is 9.20. The lowest BCUT2D eigenvalue weighted by atomic mass is 10.2. The van der Waals surface area contributed by atoms with E-state index in [9.17, 15) is 9.18 Å². The molecule has 88 valence electrons. The highest BCUT2D eigenvalue weighted by atomic mass is 19.1. The summed E-state index contributed by atoms with van der Waals surface area (Å²) in [7, 11) is 1.46. The van der Waals surface area contributed by atoms with Gasteiger partial charge >= 0.3 is 5.97 Å². The normalized spacial score (nSPS) is 12.0. The Labute approximate surface area is 93.2 Å². The maximum atomic E-state index is 12.9. The number of benzene rings is 1. The topological polar surface area (TPSA) is 61.5 Å². The smallest absolute Gasteiger partial charge is 0.322 e. The van der Waals surface area contributed by atoms with Gasteiger partial charge < -0.3 is 15.2 Å². The fourth-order valence-electron chi connectivity index (χ4n) is 1.14. The van der Waals surface area contributed by atoms with Crippen molar-refractivity contribution in [2.75, 3.05) is 7.11 Å². The van der Waals surface area contributed by atoms with Crippen molar-refractivity contribution >= 4 is 5.97 Å². The second-order valence-corrected chi connectivity index (χ2v) is 3.35. The summed E-state index contributed by atoms with van der Waals surface area (Å²) >= 11 is 0. The van der Waals surface area contributed by atoms with Crippen molar-refractivity contribution in [3.8, 4) is 5.75 Å². The summed E-state index contributed by atoms with van der Waals surface area (Å²) in [5.74, 6) is -0.474. The third-order valence-electron chi connectivity index (χ3n) is 1.98. The molecule has 4 nitrogen and oxygen atoms in total. The van der Waals surface area contributed by atoms with Crippen LogP contribution >= 0.6 is 0 Å². The Morgan fingerprint density at radius 1 is 1.56 bits per heavy atom. The molecule has 0 aliphatic heterocycles. The Morgan fingerprint density at radius 2 is 2.25 bits per heavy atom. The van der Waals surface area contributed by atoms with E-state index in [0.717, 1.165) is 0 Å². The molecule has 1 aromatic rings. The predicted molar refractivity (Wildman–Crippen MR) is 56.4 cm³/mol. The Hall–Kier alpha value is -1.62. The quantitative estimate of drug-likeness (QED) is 0.786. The number of methoxy groups -OCH3 is 1. The zero-order valence-electron chi connectivity index (χ0n) is 9.20. The summed E-state index contributed by atoms with van der Waals surface area (Å²) < 4.78 is 22.8. The molecule has 0 amide bonds. The first-order valence-electron chi connectivity index (χ1n) is 4.79. The van der Waals surface area contributed by atoms with Gasteiger partial charge in [-0.25, -0.2) is 4.39 Å². The molecule has 1 unspecified atom stereocenters. The monoisotopic (exact) mass is 227 g/mol. The van der Waals surface area contributed by atoms with Crippen LogP contribution in [-0.2, 0) is 16.1 Å². The standard InChI is InChI=1S/C11H14FNO3/c1-7(13)11(14)16-6-8-5-9(12)3-4-10(8)15-2/h3-5,7H,6,13H2,1-2H3. The Bertz CT molecular complexity index is 379. The number of ether oxygens (including phenoxy) is 2. The molecule has 0 saturated carbocycles. The Balaban J connectivity index is 2.72. The van der Waals surface area contributed by atoms with Crippen LogP contribution in [0.5, 0.6) is 5.75 Å². The number of rotatable bonds is 4. The molecule has 0 aliphatic rings. The highest BCUT2D eigenvalue weighted by molar-refractivity contribution is 5.74. The molecule has 2 N–H and O–H groups in total. The van der Waals surface area contributed by atoms with Crippen molar-refractivity contribution in [2.24, 2.45) is 5.73 Å². The van der Waals surface area contributed by atoms with Crippen molar-refractivity contribution in [1.29, 1.82) is 0 Å². The van der Waals surface area contributed by atoms with E-state index in [2.05, 4.69) is 0 Å². The van der Waals surface area contributed by atoms with E-state index >= 15 is 0 Å². The number of hydrogen-bond donors (Lipinski definition) is 1. The van der Waals surface area contributed by atoms with E-state index in [4.69, 9.17) is 15.2 Å². The molecule has 16 heavy (non-hydrogen) atoms. The van der Waals surface area contributed by atoms with Crippen molar-refractivity contribution in [3.63, 3.8) is 0 Å². The molecule has 0 saturated heterocycles. The molecule has 1 rings (SSSR count). The second-order valence-electron chi connectivity index (χ2n) is 3.35. The fraction of sp³-hybridized carbons (Fsp3) is 0.364. The summed E-state index contributed by atoms with van der Waals surface area (Å²) in [6.45, 7) is 1.46. The molecule has 0 aromatic heterocycles. The highest BCUT2D eigenvalue weighted by Gasteiger charge is 2.11. The van der Waals surface area contributed by atoms with Gasteiger partial charge in [-0.1, -0.05) is 0 Å². The molecule has 0 aliphatic carbocycles. The van der Waals surface area contributed by atoms with Gasteiger partial charge in [0.1, 0.15) is 24.2 Å². The largest absolute Gasteiger partial charge is 0.496 e. The summed E-state index contributed by atoms with van der Waals surface area (Å²) in [4.78, 5) is 11.1. The maximum absolute atomic E-state index is 12.9. The fourth-order valence-corrected chi connectivity index (χ4v) is 1.14. The molecule has 0 bridgehead atoms. The van der Waals surface area contributed by atoms with Crippen LogP contribution in [0.15, 0.2) is 18.2 Å². The molecular formula is C11H14FNO3. The summed E-state index contributed by atoms with van der Waals surface area (Å²) in [6.07, 6.45) is 0. The molecular weight excluding hydrogens is 213 g/mol. The molecule has 5 heteroatoms. The number of nitrogens with two attached hydrogens (primary N) is 1. The van der Waals surface area contributed by atoms with E-state index in [1.165, 1.54) is 32.2 Å². The van der Waals surface area contributed by atoms with Gasteiger partial charge in [-0.15, -0.1) is 0 Å². The number of esters is 1. The first kappa shape index (κ1) is 12.4. The molecule has 0 heterocycles. The van der Waals surface area contributed by atoms with Crippen molar-refractivity contribution in [2.45, 2.75) is 19.6 Å². The van der Waals surface area contributed by atoms with E-state index in [1.54, 1.807) is 0 Å². The molecule has 1 aromatic carbocycles. The van der Waals surface area contributed by atoms with Gasteiger partial charge in [-0.3, -0.25) is 4.79 Å². The number of hydrogen-bond acceptors (Lipinski definition) is 4. The van der Waals surface area contributed by atoms with Crippen molar-refractivity contribution < 1.29 is 18.7 Å². The van der Waals surface area contributed by atoms with Gasteiger partial charge in [0.2, 0.25) is 0 Å². The zero-order chi connectivity index (χ0) is 12.1. The molecule has 0 radical (unpaired) electrons. The van der Waals surface area contributed by atoms with Crippen LogP contribution in [-0.4, -0.2) is 19.1 Å². The van der Waals surface area contributed by atoms with Gasteiger partial charge in [0, 0.05) is 5.56 Å². The lowest BCUT2D eigenvalue weighted by molar-refractivity contribution is -0.146. The minimum Gasteiger partial charge on any atom is -0.496 e. The van der Waals surface area contributed by atoms with E-state index in [1.807, 2.05) is 0 Å². The van der Waals surface area contributed by atoms with Crippen molar-refractivity contribution in [3.05, 3.63) is 29.6 Å². The summed E-state index contributed by atoms with van der Waals surface area (Å²) in [5.41, 5.74) is 5.79. The van der Waals surface area contributed by atoms with Gasteiger partial charge in [-0.2, -0.15) is 0 Å². The van der Waals surface area contributed by atoms with Crippen LogP contribution in [0.1, 0.15) is 12.5 Å². The SMILES string of the molecule is COc1ccc(F)cc1COC(=O)C(C)N. The van der Waals surface area contributed by atoms with Crippen LogP contribution in [0, 0.1) is 5.82 Å². The molecule has 0 spiro atoms. The number of carbonyl (C=O) groups excluding carboxylic acids is 1. The van der Waals surface area contributed by atoms with E-state index < -0.39 is 17.8 Å². The van der Waals surface area contributed by atoms with Crippen LogP contribution in [0.4, 0.5) is 4.39 Å².